The minimum Gasteiger partial charge on any atom is -0.459 e. The monoisotopic (exact) mass is 853 g/mol. The zero-order valence-electron chi connectivity index (χ0n) is 36.0. The highest BCUT2D eigenvalue weighted by atomic mass is 32.2. The lowest BCUT2D eigenvalue weighted by molar-refractivity contribution is -0.143. The van der Waals surface area contributed by atoms with Gasteiger partial charge in [0.25, 0.3) is 11.9 Å². The van der Waals surface area contributed by atoms with Gasteiger partial charge in [0.15, 0.2) is 0 Å². The van der Waals surface area contributed by atoms with Crippen LogP contribution in [0.2, 0.25) is 0 Å². The molecule has 4 amide bonds. The maximum atomic E-state index is 14.7. The number of likely N-dealkylation sites (tertiary alicyclic amines) is 1. The molecule has 5 unspecified atom stereocenters. The maximum Gasteiger partial charge on any atom is 0.408 e. The smallest absolute Gasteiger partial charge is 0.408 e. The van der Waals surface area contributed by atoms with Crippen molar-refractivity contribution in [3.05, 3.63) is 41.9 Å². The quantitative estimate of drug-likeness (QED) is 0.167. The van der Waals surface area contributed by atoms with Crippen molar-refractivity contribution < 1.29 is 37.1 Å². The predicted molar refractivity (Wildman–Crippen MR) is 226 cm³/mol. The molecule has 2 aromatic heterocycles. The topological polar surface area (TPSA) is 191 Å². The van der Waals surface area contributed by atoms with Gasteiger partial charge in [-0.3, -0.25) is 23.7 Å². The highest BCUT2D eigenvalue weighted by Crippen LogP contribution is 2.47. The Morgan fingerprint density at radius 3 is 2.27 bits per heavy atom. The molecule has 322 valence electrons. The Labute approximate surface area is 351 Å². The first-order chi connectivity index (χ1) is 27.3. The molecule has 59 heavy (non-hydrogen) atoms. The van der Waals surface area contributed by atoms with Crippen LogP contribution in [0.15, 0.2) is 36.2 Å². The van der Waals surface area contributed by atoms with Gasteiger partial charge in [-0.25, -0.2) is 18.2 Å². The molecule has 15 nitrogen and oxygen atoms in total. The van der Waals surface area contributed by atoms with Crippen LogP contribution in [0.25, 0.3) is 21.6 Å². The van der Waals surface area contributed by atoms with E-state index in [9.17, 15) is 27.6 Å². The molecule has 3 aliphatic rings. The molecule has 3 N–H and O–H groups in total. The van der Waals surface area contributed by atoms with Gasteiger partial charge in [0.05, 0.1) is 22.5 Å². The Balaban J connectivity index is 1.34. The van der Waals surface area contributed by atoms with E-state index in [4.69, 9.17) is 19.4 Å². The molecule has 5 atom stereocenters. The van der Waals surface area contributed by atoms with Gasteiger partial charge in [-0.1, -0.05) is 46.8 Å². The molecule has 1 aliphatic heterocycles. The van der Waals surface area contributed by atoms with Crippen molar-refractivity contribution in [1.29, 1.82) is 0 Å². The number of thiazole rings is 1. The number of carbonyl (C=O) groups excluding carboxylic acids is 4. The van der Waals surface area contributed by atoms with Crippen molar-refractivity contribution in [3.63, 3.8) is 0 Å². The number of ether oxygens (including phenoxy) is 2. The molecular formula is C42H59N7O8S2. The number of hydrogen-bond donors (Lipinski definition) is 3. The fourth-order valence-electron chi connectivity index (χ4n) is 7.41. The summed E-state index contributed by atoms with van der Waals surface area (Å²) in [4.78, 5) is 67.4. The summed E-state index contributed by atoms with van der Waals surface area (Å²) >= 11 is 1.54. The molecule has 2 saturated carbocycles. The SMILES string of the molecule is C=CC1CC1(NC(=O)C1CC(Oc2nc3c(-c4nc(C(C)C)cs4)cccc3n2C(C)C)CN1C(=O)C(NC(=O)OC(C)(C)C)C(C)(C)C)C(=O)NS(=O)(=O)C1(C)CC1. The van der Waals surface area contributed by atoms with Gasteiger partial charge in [0.1, 0.15) is 39.9 Å². The molecule has 1 saturated heterocycles. The first kappa shape index (κ1) is 44.1. The Morgan fingerprint density at radius 1 is 1.05 bits per heavy atom. The fraction of sp³-hybridized carbons (Fsp3) is 0.619. The van der Waals surface area contributed by atoms with Crippen LogP contribution in [0.4, 0.5) is 4.79 Å². The lowest BCUT2D eigenvalue weighted by Crippen LogP contribution is -2.60. The van der Waals surface area contributed by atoms with Crippen LogP contribution in [0.3, 0.4) is 0 Å². The van der Waals surface area contributed by atoms with Gasteiger partial charge in [-0.15, -0.1) is 17.9 Å². The van der Waals surface area contributed by atoms with Crippen molar-refractivity contribution in [3.8, 4) is 16.6 Å². The fourth-order valence-corrected chi connectivity index (χ4v) is 9.73. The lowest BCUT2D eigenvalue weighted by atomic mass is 9.85. The van der Waals surface area contributed by atoms with Gasteiger partial charge in [0, 0.05) is 29.3 Å². The summed E-state index contributed by atoms with van der Waals surface area (Å²) in [7, 11) is -4.02. The van der Waals surface area contributed by atoms with Crippen LogP contribution in [-0.4, -0.2) is 92.3 Å². The van der Waals surface area contributed by atoms with E-state index in [1.54, 1.807) is 59.8 Å². The number of nitrogens with zero attached hydrogens (tertiary/aromatic N) is 4. The van der Waals surface area contributed by atoms with Crippen LogP contribution >= 0.6 is 11.3 Å². The summed E-state index contributed by atoms with van der Waals surface area (Å²) in [6.07, 6.45) is 0.932. The summed E-state index contributed by atoms with van der Waals surface area (Å²) in [6, 6.07) is 3.79. The number of rotatable bonds is 13. The number of benzene rings is 1. The van der Waals surface area contributed by atoms with E-state index in [1.807, 2.05) is 42.0 Å². The number of imidazole rings is 1. The average molecular weight is 854 g/mol. The molecule has 2 aliphatic carbocycles. The third-order valence-corrected chi connectivity index (χ3v) is 14.4. The number of nitrogens with one attached hydrogen (secondary N) is 3. The van der Waals surface area contributed by atoms with Crippen LogP contribution in [0.1, 0.15) is 119 Å². The van der Waals surface area contributed by atoms with E-state index >= 15 is 0 Å². The number of para-hydroxylation sites is 1. The Hall–Kier alpha value is -4.51. The summed E-state index contributed by atoms with van der Waals surface area (Å²) < 4.78 is 41.6. The molecule has 0 bridgehead atoms. The number of sulfonamides is 1. The van der Waals surface area contributed by atoms with E-state index in [-0.39, 0.29) is 31.3 Å². The number of alkyl carbamates (subject to hydrolysis) is 1. The molecule has 17 heteroatoms. The van der Waals surface area contributed by atoms with E-state index in [0.29, 0.717) is 24.4 Å². The van der Waals surface area contributed by atoms with Crippen molar-refractivity contribution >= 4 is 56.2 Å². The van der Waals surface area contributed by atoms with Crippen LogP contribution in [0.5, 0.6) is 6.01 Å². The molecular weight excluding hydrogens is 795 g/mol. The summed E-state index contributed by atoms with van der Waals surface area (Å²) in [5.74, 6) is -2.37. The number of hydrogen-bond acceptors (Lipinski definition) is 11. The van der Waals surface area contributed by atoms with Gasteiger partial charge >= 0.3 is 6.09 Å². The van der Waals surface area contributed by atoms with E-state index in [1.165, 1.54) is 11.0 Å². The molecule has 3 fully saturated rings. The maximum absolute atomic E-state index is 14.7. The van der Waals surface area contributed by atoms with Gasteiger partial charge in [0.2, 0.25) is 21.8 Å². The largest absolute Gasteiger partial charge is 0.459 e. The normalized spacial score (nSPS) is 23.2. The predicted octanol–water partition coefficient (Wildman–Crippen LogP) is 6.21. The van der Waals surface area contributed by atoms with E-state index in [2.05, 4.69) is 35.8 Å². The second-order valence-corrected chi connectivity index (χ2v) is 22.1. The summed E-state index contributed by atoms with van der Waals surface area (Å²) in [6.45, 7) is 24.1. The highest BCUT2D eigenvalue weighted by Gasteiger charge is 2.63. The second kappa shape index (κ2) is 15.5. The summed E-state index contributed by atoms with van der Waals surface area (Å²) in [5, 5.41) is 8.45. The lowest BCUT2D eigenvalue weighted by Gasteiger charge is -2.36. The number of amides is 4. The van der Waals surface area contributed by atoms with Crippen molar-refractivity contribution in [2.75, 3.05) is 6.54 Å². The van der Waals surface area contributed by atoms with Crippen molar-refractivity contribution in [2.24, 2.45) is 11.3 Å². The Kier molecular flexibility index (Phi) is 11.6. The van der Waals surface area contributed by atoms with E-state index in [0.717, 1.165) is 21.8 Å². The van der Waals surface area contributed by atoms with Crippen LogP contribution in [-0.2, 0) is 29.1 Å². The minimum atomic E-state index is -4.02. The molecule has 3 heterocycles. The molecule has 6 rings (SSSR count). The van der Waals surface area contributed by atoms with Crippen molar-refractivity contribution in [1.82, 2.24) is 34.8 Å². The zero-order valence-corrected chi connectivity index (χ0v) is 37.6. The first-order valence-corrected chi connectivity index (χ1v) is 22.6. The zero-order chi connectivity index (χ0) is 43.6. The number of carbonyl (C=O) groups is 4. The molecule has 1 aromatic carbocycles. The number of fused-ring (bicyclic) bond motifs is 1. The number of aromatic nitrogens is 3. The Morgan fingerprint density at radius 2 is 1.73 bits per heavy atom. The third-order valence-electron chi connectivity index (χ3n) is 11.3. The third kappa shape index (κ3) is 8.86. The summed E-state index contributed by atoms with van der Waals surface area (Å²) in [5.41, 5.74) is 0.107. The molecule has 0 radical (unpaired) electrons. The molecule has 3 aromatic rings. The van der Waals surface area contributed by atoms with Crippen LogP contribution < -0.4 is 20.1 Å². The van der Waals surface area contributed by atoms with Gasteiger partial charge in [-0.05, 0) is 84.3 Å². The van der Waals surface area contributed by atoms with Gasteiger partial charge in [-0.2, -0.15) is 4.98 Å². The van der Waals surface area contributed by atoms with E-state index < -0.39 is 79.2 Å². The average Bonchev–Trinajstić information content (AvgIpc) is 3.80. The first-order valence-electron chi connectivity index (χ1n) is 20.3. The van der Waals surface area contributed by atoms with Crippen LogP contribution in [0, 0.1) is 11.3 Å². The Bertz CT molecular complexity index is 2260. The second-order valence-electron chi connectivity index (χ2n) is 19.1. The van der Waals surface area contributed by atoms with Crippen molar-refractivity contribution in [2.45, 2.75) is 148 Å². The highest BCUT2D eigenvalue weighted by molar-refractivity contribution is 7.91. The van der Waals surface area contributed by atoms with Gasteiger partial charge < -0.3 is 25.0 Å². The molecule has 0 spiro atoms. The standard InChI is InChI=1S/C42H59N7O8S2/c1-13-25-20-42(25,36(52)47-59(54,55)41(12)17-18-41)46-33(50)30-19-26(21-48(30)35(51)32(39(6,7)8)45-38(53)57-40(9,10)11)56-37-44-31-27(34-43-28(22-58-34)23(2)3)15-14-16-29(31)49(37)24(4)5/h13-16,22-26,30,32H,1,17-21H2,2-12H3,(H,45,53)(H,46,50)(H,47,52). The minimum absolute atomic E-state index is 0.00604.